The second-order valence-corrected chi connectivity index (χ2v) is 5.69. The van der Waals surface area contributed by atoms with Crippen molar-refractivity contribution in [3.8, 4) is 0 Å². The third-order valence-electron chi connectivity index (χ3n) is 2.26. The molecular weight excluding hydrogens is 186 g/mol. The Hall–Kier alpha value is -0.0800. The highest BCUT2D eigenvalue weighted by Crippen LogP contribution is 2.20. The van der Waals surface area contributed by atoms with E-state index < -0.39 is 0 Å². The summed E-state index contributed by atoms with van der Waals surface area (Å²) in [5.41, 5.74) is 0.487. The fraction of sp³-hybridized carbons (Fsp3) is 1.00. The Bertz CT molecular complexity index is 138. The number of hydrogen-bond acceptors (Lipinski definition) is 2. The third-order valence-corrected chi connectivity index (χ3v) is 2.26. The van der Waals surface area contributed by atoms with Gasteiger partial charge in [-0.2, -0.15) is 0 Å². The van der Waals surface area contributed by atoms with Crippen LogP contribution in [-0.4, -0.2) is 25.8 Å². The molecule has 0 aromatic heterocycles. The van der Waals surface area contributed by atoms with Gasteiger partial charge in [0.15, 0.2) is 0 Å². The quantitative estimate of drug-likeness (QED) is 0.628. The minimum absolute atomic E-state index is 0.354. The smallest absolute Gasteiger partial charge is 0.0594 e. The van der Waals surface area contributed by atoms with Gasteiger partial charge in [0, 0.05) is 6.54 Å². The molecule has 0 atom stereocenters. The molecular formula is C13H29NO. The first-order valence-corrected chi connectivity index (χ1v) is 6.24. The van der Waals surface area contributed by atoms with Crippen LogP contribution < -0.4 is 5.32 Å². The number of unbranched alkanes of at least 4 members (excludes halogenated alkanes) is 1. The fourth-order valence-electron chi connectivity index (χ4n) is 1.40. The highest BCUT2D eigenvalue weighted by atomic mass is 16.5. The third kappa shape index (κ3) is 13.9. The Morgan fingerprint density at radius 2 is 1.73 bits per heavy atom. The van der Waals surface area contributed by atoms with Gasteiger partial charge >= 0.3 is 0 Å². The summed E-state index contributed by atoms with van der Waals surface area (Å²) in [6, 6.07) is 0. The zero-order chi connectivity index (χ0) is 11.7. The summed E-state index contributed by atoms with van der Waals surface area (Å²) in [5.74, 6) is 0. The fourth-order valence-corrected chi connectivity index (χ4v) is 1.40. The normalized spacial score (nSPS) is 12.4. The second-order valence-electron chi connectivity index (χ2n) is 5.69. The van der Waals surface area contributed by atoms with Gasteiger partial charge in [-0.25, -0.2) is 0 Å². The van der Waals surface area contributed by atoms with E-state index in [4.69, 9.17) is 4.74 Å². The van der Waals surface area contributed by atoms with Crippen molar-refractivity contribution in [3.63, 3.8) is 0 Å². The SMILES string of the molecule is CC(C)OCCNCCCCC(C)(C)C. The van der Waals surface area contributed by atoms with Crippen LogP contribution in [0.25, 0.3) is 0 Å². The molecule has 0 aliphatic carbocycles. The molecule has 0 saturated heterocycles. The standard InChI is InChI=1S/C13H29NO/c1-12(2)15-11-10-14-9-7-6-8-13(3,4)5/h12,14H,6-11H2,1-5H3. The molecule has 0 aliphatic rings. The van der Waals surface area contributed by atoms with Crippen LogP contribution in [0.3, 0.4) is 0 Å². The van der Waals surface area contributed by atoms with Crippen molar-refractivity contribution < 1.29 is 4.74 Å². The predicted molar refractivity (Wildman–Crippen MR) is 67.3 cm³/mol. The van der Waals surface area contributed by atoms with Crippen molar-refractivity contribution in [2.24, 2.45) is 5.41 Å². The molecule has 0 saturated carbocycles. The summed E-state index contributed by atoms with van der Waals surface area (Å²) < 4.78 is 5.44. The highest BCUT2D eigenvalue weighted by Gasteiger charge is 2.08. The van der Waals surface area contributed by atoms with Gasteiger partial charge in [0.1, 0.15) is 0 Å². The van der Waals surface area contributed by atoms with Crippen molar-refractivity contribution >= 4 is 0 Å². The van der Waals surface area contributed by atoms with Crippen LogP contribution in [0.4, 0.5) is 0 Å². The van der Waals surface area contributed by atoms with Crippen LogP contribution in [0, 0.1) is 5.41 Å². The van der Waals surface area contributed by atoms with E-state index in [-0.39, 0.29) is 0 Å². The highest BCUT2D eigenvalue weighted by molar-refractivity contribution is 4.61. The molecule has 92 valence electrons. The van der Waals surface area contributed by atoms with Gasteiger partial charge in [-0.3, -0.25) is 0 Å². The van der Waals surface area contributed by atoms with E-state index in [9.17, 15) is 0 Å². The molecule has 0 amide bonds. The molecule has 0 radical (unpaired) electrons. The van der Waals surface area contributed by atoms with Crippen LogP contribution in [-0.2, 0) is 4.74 Å². The van der Waals surface area contributed by atoms with Gasteiger partial charge in [0.05, 0.1) is 12.7 Å². The Kier molecular flexibility index (Phi) is 8.07. The molecule has 0 aliphatic heterocycles. The molecule has 0 unspecified atom stereocenters. The molecule has 1 N–H and O–H groups in total. The minimum Gasteiger partial charge on any atom is -0.377 e. The maximum atomic E-state index is 5.44. The Morgan fingerprint density at radius 1 is 1.07 bits per heavy atom. The first kappa shape index (κ1) is 14.9. The van der Waals surface area contributed by atoms with Crippen molar-refractivity contribution in [2.45, 2.75) is 60.0 Å². The number of nitrogens with one attached hydrogen (secondary N) is 1. The van der Waals surface area contributed by atoms with Gasteiger partial charge in [-0.15, -0.1) is 0 Å². The van der Waals surface area contributed by atoms with Gasteiger partial charge in [0.2, 0.25) is 0 Å². The average Bonchev–Trinajstić information content (AvgIpc) is 2.07. The van der Waals surface area contributed by atoms with E-state index in [0.29, 0.717) is 11.5 Å². The lowest BCUT2D eigenvalue weighted by Crippen LogP contribution is -2.22. The first-order chi connectivity index (χ1) is 6.92. The van der Waals surface area contributed by atoms with Crippen molar-refractivity contribution in [2.75, 3.05) is 19.7 Å². The summed E-state index contributed by atoms with van der Waals surface area (Å²) in [5, 5.41) is 3.40. The maximum absolute atomic E-state index is 5.44. The van der Waals surface area contributed by atoms with Crippen molar-refractivity contribution in [1.29, 1.82) is 0 Å². The first-order valence-electron chi connectivity index (χ1n) is 6.24. The van der Waals surface area contributed by atoms with E-state index in [1.54, 1.807) is 0 Å². The molecule has 15 heavy (non-hydrogen) atoms. The zero-order valence-electron chi connectivity index (χ0n) is 11.2. The Balaban J connectivity index is 3.06. The Labute approximate surface area is 95.8 Å². The molecule has 0 spiro atoms. The van der Waals surface area contributed by atoms with Gasteiger partial charge < -0.3 is 10.1 Å². The van der Waals surface area contributed by atoms with Crippen molar-refractivity contribution in [1.82, 2.24) is 5.32 Å². The van der Waals surface area contributed by atoms with E-state index in [0.717, 1.165) is 19.7 Å². The van der Waals surface area contributed by atoms with Crippen LogP contribution >= 0.6 is 0 Å². The second kappa shape index (κ2) is 8.12. The van der Waals surface area contributed by atoms with Gasteiger partial charge in [-0.05, 0) is 38.6 Å². The lowest BCUT2D eigenvalue weighted by molar-refractivity contribution is 0.0808. The minimum atomic E-state index is 0.354. The summed E-state index contributed by atoms with van der Waals surface area (Å²) >= 11 is 0. The maximum Gasteiger partial charge on any atom is 0.0594 e. The molecule has 0 bridgehead atoms. The summed E-state index contributed by atoms with van der Waals surface area (Å²) in [6.45, 7) is 14.0. The van der Waals surface area contributed by atoms with Crippen molar-refractivity contribution in [3.05, 3.63) is 0 Å². The molecule has 0 aromatic carbocycles. The lowest BCUT2D eigenvalue weighted by Gasteiger charge is -2.17. The molecule has 2 heteroatoms. The number of hydrogen-bond donors (Lipinski definition) is 1. The van der Waals surface area contributed by atoms with Crippen LogP contribution in [0.5, 0.6) is 0 Å². The topological polar surface area (TPSA) is 21.3 Å². The Morgan fingerprint density at radius 3 is 2.27 bits per heavy atom. The molecule has 0 fully saturated rings. The molecule has 0 aromatic rings. The van der Waals surface area contributed by atoms with Gasteiger partial charge in [-0.1, -0.05) is 27.2 Å². The molecule has 2 nitrogen and oxygen atoms in total. The van der Waals surface area contributed by atoms with Crippen LogP contribution in [0.2, 0.25) is 0 Å². The number of ether oxygens (including phenoxy) is 1. The average molecular weight is 215 g/mol. The summed E-state index contributed by atoms with van der Waals surface area (Å²) in [4.78, 5) is 0. The van der Waals surface area contributed by atoms with Crippen LogP contribution in [0.15, 0.2) is 0 Å². The number of rotatable bonds is 8. The van der Waals surface area contributed by atoms with Gasteiger partial charge in [0.25, 0.3) is 0 Å². The van der Waals surface area contributed by atoms with E-state index in [2.05, 4.69) is 39.9 Å². The van der Waals surface area contributed by atoms with E-state index in [1.165, 1.54) is 19.3 Å². The lowest BCUT2D eigenvalue weighted by atomic mass is 9.90. The molecule has 0 rings (SSSR count). The van der Waals surface area contributed by atoms with E-state index >= 15 is 0 Å². The summed E-state index contributed by atoms with van der Waals surface area (Å²) in [7, 11) is 0. The largest absolute Gasteiger partial charge is 0.377 e. The monoisotopic (exact) mass is 215 g/mol. The van der Waals surface area contributed by atoms with Crippen LogP contribution in [0.1, 0.15) is 53.9 Å². The zero-order valence-corrected chi connectivity index (χ0v) is 11.2. The van der Waals surface area contributed by atoms with E-state index in [1.807, 2.05) is 0 Å². The molecule has 0 heterocycles. The summed E-state index contributed by atoms with van der Waals surface area (Å²) in [6.07, 6.45) is 4.27. The predicted octanol–water partition coefficient (Wildman–Crippen LogP) is 3.22.